The van der Waals surface area contributed by atoms with E-state index in [1.807, 2.05) is 0 Å². The summed E-state index contributed by atoms with van der Waals surface area (Å²) in [6.45, 7) is 7.14. The Bertz CT molecular complexity index is 634. The second-order valence-electron chi connectivity index (χ2n) is 6.83. The van der Waals surface area contributed by atoms with E-state index in [0.717, 1.165) is 5.56 Å². The summed E-state index contributed by atoms with van der Waals surface area (Å²) in [5.41, 5.74) is -2.01. The number of carbonyl (C=O) groups excluding carboxylic acids is 1. The van der Waals surface area contributed by atoms with Crippen molar-refractivity contribution in [1.82, 2.24) is 4.57 Å². The molecule has 1 unspecified atom stereocenters. The molecule has 27 heavy (non-hydrogen) atoms. The van der Waals surface area contributed by atoms with Gasteiger partial charge in [-0.05, 0) is 39.7 Å². The number of esters is 1. The molecule has 1 rings (SSSR count). The van der Waals surface area contributed by atoms with Gasteiger partial charge in [0.2, 0.25) is 0 Å². The number of hydrogen-bond acceptors (Lipinski definition) is 8. The van der Waals surface area contributed by atoms with Crippen molar-refractivity contribution in [3.05, 3.63) is 34.2 Å². The van der Waals surface area contributed by atoms with Crippen LogP contribution in [0.3, 0.4) is 0 Å². The fourth-order valence-electron chi connectivity index (χ4n) is 2.10. The second kappa shape index (κ2) is 11.2. The van der Waals surface area contributed by atoms with Crippen LogP contribution in [0.25, 0.3) is 0 Å². The first kappa shape index (κ1) is 25.3. The zero-order chi connectivity index (χ0) is 21.3. The Hall–Kier alpha value is -1.72. The van der Waals surface area contributed by atoms with Crippen molar-refractivity contribution in [3.8, 4) is 0 Å². The lowest BCUT2D eigenvalue weighted by molar-refractivity contribution is -0.143. The lowest BCUT2D eigenvalue weighted by Gasteiger charge is -2.35. The van der Waals surface area contributed by atoms with Crippen LogP contribution in [0.2, 0.25) is 0 Å². The minimum absolute atomic E-state index is 0.166. The molecule has 0 fully saturated rings. The monoisotopic (exact) mass is 387 g/mol. The van der Waals surface area contributed by atoms with E-state index in [4.69, 9.17) is 19.8 Å². The third kappa shape index (κ3) is 10.3. The summed E-state index contributed by atoms with van der Waals surface area (Å²) in [7, 11) is -2.17. The standard InChI is InChI=1S/C17H27NO5.BH3O3/c1-5-23-15(20)7-6-10-18-12-13(8-9-14(18)19)11-17(4,22)16(2,3)21;2-1(3)4/h8-9,12,21-22H,5-7,10-11H2,1-4H3;2-4H. The van der Waals surface area contributed by atoms with E-state index < -0.39 is 18.5 Å². The highest BCUT2D eigenvalue weighted by Gasteiger charge is 2.37. The third-order valence-electron chi connectivity index (χ3n) is 4.00. The first-order valence-corrected chi connectivity index (χ1v) is 8.64. The summed E-state index contributed by atoms with van der Waals surface area (Å²) in [5.74, 6) is -0.276. The highest BCUT2D eigenvalue weighted by atomic mass is 16.5. The van der Waals surface area contributed by atoms with Crippen molar-refractivity contribution in [2.75, 3.05) is 6.61 Å². The largest absolute Gasteiger partial charge is 0.631 e. The Morgan fingerprint density at radius 1 is 1.19 bits per heavy atom. The summed E-state index contributed by atoms with van der Waals surface area (Å²) < 4.78 is 6.36. The van der Waals surface area contributed by atoms with Gasteiger partial charge in [0.1, 0.15) is 0 Å². The number of nitrogens with zero attached hydrogens (tertiary/aromatic N) is 1. The van der Waals surface area contributed by atoms with Gasteiger partial charge in [-0.3, -0.25) is 9.59 Å². The zero-order valence-electron chi connectivity index (χ0n) is 16.3. The maximum atomic E-state index is 11.9. The molecular weight excluding hydrogens is 357 g/mol. The minimum atomic E-state index is -2.17. The second-order valence-corrected chi connectivity index (χ2v) is 6.83. The van der Waals surface area contributed by atoms with E-state index >= 15 is 0 Å². The van der Waals surface area contributed by atoms with Gasteiger partial charge in [-0.1, -0.05) is 6.07 Å². The van der Waals surface area contributed by atoms with Gasteiger partial charge in [0.15, 0.2) is 0 Å². The number of aryl methyl sites for hydroxylation is 1. The van der Waals surface area contributed by atoms with Crippen molar-refractivity contribution >= 4 is 13.3 Å². The van der Waals surface area contributed by atoms with Gasteiger partial charge in [-0.2, -0.15) is 0 Å². The van der Waals surface area contributed by atoms with Crippen molar-refractivity contribution in [1.29, 1.82) is 0 Å². The topological polar surface area (TPSA) is 149 Å². The number of hydrogen-bond donors (Lipinski definition) is 5. The number of aromatic nitrogens is 1. The molecule has 0 saturated carbocycles. The molecule has 5 N–H and O–H groups in total. The number of ether oxygens (including phenoxy) is 1. The fourth-order valence-corrected chi connectivity index (χ4v) is 2.10. The Labute approximate surface area is 159 Å². The quantitative estimate of drug-likeness (QED) is 0.288. The van der Waals surface area contributed by atoms with Crippen LogP contribution in [0.15, 0.2) is 23.1 Å². The van der Waals surface area contributed by atoms with E-state index in [1.54, 1.807) is 40.0 Å². The van der Waals surface area contributed by atoms with Crippen molar-refractivity contribution in [2.45, 2.75) is 64.7 Å². The van der Waals surface area contributed by atoms with Crippen LogP contribution in [0.1, 0.15) is 46.1 Å². The molecule has 0 aliphatic carbocycles. The molecule has 154 valence electrons. The number of aliphatic hydroxyl groups is 2. The molecule has 1 atom stereocenters. The first-order chi connectivity index (χ1) is 12.3. The molecule has 0 aliphatic rings. The smallest absolute Gasteiger partial charge is 0.466 e. The van der Waals surface area contributed by atoms with Crippen LogP contribution in [0, 0.1) is 0 Å². The summed E-state index contributed by atoms with van der Waals surface area (Å²) in [4.78, 5) is 23.2. The number of rotatable bonds is 8. The molecule has 0 aromatic carbocycles. The van der Waals surface area contributed by atoms with Gasteiger partial charge in [0.05, 0.1) is 17.8 Å². The lowest BCUT2D eigenvalue weighted by Crippen LogP contribution is -2.49. The predicted octanol–water partition coefficient (Wildman–Crippen LogP) is -0.796. The number of carbonyl (C=O) groups is 1. The van der Waals surface area contributed by atoms with Gasteiger partial charge < -0.3 is 34.6 Å². The number of pyridine rings is 1. The maximum absolute atomic E-state index is 11.9. The van der Waals surface area contributed by atoms with Crippen LogP contribution in [0.5, 0.6) is 0 Å². The average Bonchev–Trinajstić information content (AvgIpc) is 2.48. The summed E-state index contributed by atoms with van der Waals surface area (Å²) in [5, 5.41) is 41.9. The highest BCUT2D eigenvalue weighted by molar-refractivity contribution is 6.30. The Balaban J connectivity index is 0.00000153. The summed E-state index contributed by atoms with van der Waals surface area (Å²) >= 11 is 0. The molecular formula is C17H30BNO8. The highest BCUT2D eigenvalue weighted by Crippen LogP contribution is 2.25. The lowest BCUT2D eigenvalue weighted by atomic mass is 9.83. The molecule has 1 aromatic rings. The Kier molecular flexibility index (Phi) is 10.5. The first-order valence-electron chi connectivity index (χ1n) is 8.64. The van der Waals surface area contributed by atoms with Crippen molar-refractivity contribution in [2.24, 2.45) is 0 Å². The SMILES string of the molecule is CCOC(=O)CCCn1cc(CC(C)(O)C(C)(C)O)ccc1=O.OB(O)O. The summed E-state index contributed by atoms with van der Waals surface area (Å²) in [6, 6.07) is 3.07. The summed E-state index contributed by atoms with van der Waals surface area (Å²) in [6.07, 6.45) is 2.64. The Morgan fingerprint density at radius 2 is 1.74 bits per heavy atom. The van der Waals surface area contributed by atoms with Crippen molar-refractivity contribution in [3.63, 3.8) is 0 Å². The molecule has 0 spiro atoms. The molecule has 1 aromatic heterocycles. The predicted molar refractivity (Wildman–Crippen MR) is 99.6 cm³/mol. The van der Waals surface area contributed by atoms with Gasteiger partial charge >= 0.3 is 13.3 Å². The average molecular weight is 387 g/mol. The molecule has 1 heterocycles. The molecule has 0 bridgehead atoms. The van der Waals surface area contributed by atoms with E-state index in [1.165, 1.54) is 10.6 Å². The third-order valence-corrected chi connectivity index (χ3v) is 4.00. The van der Waals surface area contributed by atoms with Gasteiger partial charge in [-0.15, -0.1) is 0 Å². The van der Waals surface area contributed by atoms with Gasteiger partial charge in [-0.25, -0.2) is 0 Å². The minimum Gasteiger partial charge on any atom is -0.466 e. The molecule has 10 heteroatoms. The van der Waals surface area contributed by atoms with Crippen LogP contribution < -0.4 is 5.56 Å². The van der Waals surface area contributed by atoms with Gasteiger partial charge in [0, 0.05) is 31.6 Å². The molecule has 9 nitrogen and oxygen atoms in total. The molecule has 0 saturated heterocycles. The van der Waals surface area contributed by atoms with Crippen LogP contribution >= 0.6 is 0 Å². The van der Waals surface area contributed by atoms with Crippen LogP contribution in [0.4, 0.5) is 0 Å². The molecule has 0 amide bonds. The molecule has 0 aliphatic heterocycles. The molecule has 0 radical (unpaired) electrons. The van der Waals surface area contributed by atoms with E-state index in [9.17, 15) is 19.8 Å². The van der Waals surface area contributed by atoms with Gasteiger partial charge in [0.25, 0.3) is 5.56 Å². The van der Waals surface area contributed by atoms with E-state index in [-0.39, 0.29) is 24.4 Å². The Morgan fingerprint density at radius 3 is 2.22 bits per heavy atom. The maximum Gasteiger partial charge on any atom is 0.631 e. The van der Waals surface area contributed by atoms with E-state index in [2.05, 4.69) is 0 Å². The van der Waals surface area contributed by atoms with Crippen LogP contribution in [-0.4, -0.2) is 61.0 Å². The van der Waals surface area contributed by atoms with Crippen LogP contribution in [-0.2, 0) is 22.5 Å². The zero-order valence-corrected chi connectivity index (χ0v) is 16.3. The van der Waals surface area contributed by atoms with Crippen molar-refractivity contribution < 1.29 is 34.8 Å². The normalized spacial score (nSPS) is 13.2. The van der Waals surface area contributed by atoms with E-state index in [0.29, 0.717) is 19.6 Å². The fraction of sp³-hybridized carbons (Fsp3) is 0.647.